The van der Waals surface area contributed by atoms with E-state index < -0.39 is 22.5 Å². The first-order valence-corrected chi connectivity index (χ1v) is 11.8. The SMILES string of the molecule is Cc1ccc(S(=O)(=O)N(CC(=O)N/N=C\c2cccc(Br)c2)c2ccccc2Cl)cc1. The van der Waals surface area contributed by atoms with E-state index in [0.29, 0.717) is 0 Å². The Balaban J connectivity index is 1.86. The number of para-hydroxylation sites is 1. The second kappa shape index (κ2) is 10.1. The normalized spacial score (nSPS) is 11.5. The van der Waals surface area contributed by atoms with Crippen molar-refractivity contribution in [1.82, 2.24) is 5.43 Å². The zero-order valence-electron chi connectivity index (χ0n) is 16.5. The van der Waals surface area contributed by atoms with E-state index in [-0.39, 0.29) is 15.6 Å². The Morgan fingerprint density at radius 3 is 2.48 bits per heavy atom. The van der Waals surface area contributed by atoms with Crippen molar-refractivity contribution in [3.8, 4) is 0 Å². The van der Waals surface area contributed by atoms with Gasteiger partial charge in [-0.2, -0.15) is 5.10 Å². The van der Waals surface area contributed by atoms with Crippen LogP contribution in [0.25, 0.3) is 0 Å². The number of sulfonamides is 1. The van der Waals surface area contributed by atoms with Crippen molar-refractivity contribution in [2.45, 2.75) is 11.8 Å². The molecule has 6 nitrogen and oxygen atoms in total. The molecule has 0 aliphatic carbocycles. The molecule has 3 aromatic rings. The number of benzene rings is 3. The predicted octanol–water partition coefficient (Wildman–Crippen LogP) is 4.76. The van der Waals surface area contributed by atoms with Gasteiger partial charge < -0.3 is 0 Å². The van der Waals surface area contributed by atoms with Gasteiger partial charge in [0.05, 0.1) is 21.8 Å². The van der Waals surface area contributed by atoms with Crippen LogP contribution >= 0.6 is 27.5 Å². The molecule has 0 radical (unpaired) electrons. The van der Waals surface area contributed by atoms with Crippen molar-refractivity contribution in [3.63, 3.8) is 0 Å². The van der Waals surface area contributed by atoms with E-state index in [1.165, 1.54) is 18.3 Å². The lowest BCUT2D eigenvalue weighted by Crippen LogP contribution is -2.39. The highest BCUT2D eigenvalue weighted by molar-refractivity contribution is 9.10. The summed E-state index contributed by atoms with van der Waals surface area (Å²) in [6.45, 7) is 1.37. The second-order valence-electron chi connectivity index (χ2n) is 6.62. The number of halogens is 2. The largest absolute Gasteiger partial charge is 0.271 e. The van der Waals surface area contributed by atoms with Gasteiger partial charge in [-0.05, 0) is 48.9 Å². The van der Waals surface area contributed by atoms with Crippen LogP contribution in [0.15, 0.2) is 87.3 Å². The first kappa shape index (κ1) is 23.0. The Morgan fingerprint density at radius 2 is 1.81 bits per heavy atom. The van der Waals surface area contributed by atoms with Gasteiger partial charge in [0, 0.05) is 4.47 Å². The summed E-state index contributed by atoms with van der Waals surface area (Å²) in [6, 6.07) is 20.2. The van der Waals surface area contributed by atoms with Crippen molar-refractivity contribution in [3.05, 3.63) is 93.4 Å². The van der Waals surface area contributed by atoms with Crippen molar-refractivity contribution in [2.75, 3.05) is 10.8 Å². The number of nitrogens with zero attached hydrogens (tertiary/aromatic N) is 2. The summed E-state index contributed by atoms with van der Waals surface area (Å²) in [7, 11) is -4.04. The van der Waals surface area contributed by atoms with Gasteiger partial charge in [-0.3, -0.25) is 9.10 Å². The summed E-state index contributed by atoms with van der Waals surface area (Å²) in [4.78, 5) is 12.6. The third-order valence-electron chi connectivity index (χ3n) is 4.27. The van der Waals surface area contributed by atoms with Crippen molar-refractivity contribution >= 4 is 55.4 Å². The van der Waals surface area contributed by atoms with Gasteiger partial charge in [0.15, 0.2) is 0 Å². The maximum atomic E-state index is 13.3. The van der Waals surface area contributed by atoms with Crippen molar-refractivity contribution in [2.24, 2.45) is 5.10 Å². The summed E-state index contributed by atoms with van der Waals surface area (Å²) in [5.41, 5.74) is 4.26. The monoisotopic (exact) mass is 519 g/mol. The fraction of sp³-hybridized carbons (Fsp3) is 0.0909. The molecule has 3 rings (SSSR count). The van der Waals surface area contributed by atoms with E-state index in [1.807, 2.05) is 31.2 Å². The number of aryl methyl sites for hydroxylation is 1. The lowest BCUT2D eigenvalue weighted by molar-refractivity contribution is -0.119. The number of carbonyl (C=O) groups excluding carboxylic acids is 1. The Bertz CT molecular complexity index is 1210. The first-order valence-electron chi connectivity index (χ1n) is 9.19. The number of hydrazone groups is 1. The molecule has 0 spiro atoms. The Hall–Kier alpha value is -2.68. The quantitative estimate of drug-likeness (QED) is 0.360. The van der Waals surface area contributed by atoms with Gasteiger partial charge in [0.25, 0.3) is 15.9 Å². The van der Waals surface area contributed by atoms with E-state index in [4.69, 9.17) is 11.6 Å². The maximum absolute atomic E-state index is 13.3. The Kier molecular flexibility index (Phi) is 7.48. The molecule has 0 bridgehead atoms. The molecule has 0 aliphatic rings. The number of amides is 1. The zero-order chi connectivity index (χ0) is 22.4. The van der Waals surface area contributed by atoms with E-state index in [1.54, 1.807) is 36.4 Å². The Morgan fingerprint density at radius 1 is 1.10 bits per heavy atom. The van der Waals surface area contributed by atoms with E-state index in [2.05, 4.69) is 26.5 Å². The number of hydrogen-bond acceptors (Lipinski definition) is 4. The van der Waals surface area contributed by atoms with Crippen molar-refractivity contribution < 1.29 is 13.2 Å². The number of carbonyl (C=O) groups is 1. The van der Waals surface area contributed by atoms with Crippen molar-refractivity contribution in [1.29, 1.82) is 0 Å². The molecule has 0 atom stereocenters. The number of rotatable bonds is 7. The highest BCUT2D eigenvalue weighted by Gasteiger charge is 2.28. The summed E-state index contributed by atoms with van der Waals surface area (Å²) in [6.07, 6.45) is 1.47. The minimum Gasteiger partial charge on any atom is -0.271 e. The minimum atomic E-state index is -4.04. The molecule has 1 amide bonds. The molecule has 0 saturated heterocycles. The molecule has 1 N–H and O–H groups in total. The van der Waals surface area contributed by atoms with Gasteiger partial charge in [-0.25, -0.2) is 13.8 Å². The average Bonchev–Trinajstić information content (AvgIpc) is 2.73. The van der Waals surface area contributed by atoms with Crippen LogP contribution in [0.4, 0.5) is 5.69 Å². The lowest BCUT2D eigenvalue weighted by atomic mass is 10.2. The van der Waals surface area contributed by atoms with Crippen LogP contribution in [0.2, 0.25) is 5.02 Å². The second-order valence-corrected chi connectivity index (χ2v) is 9.81. The smallest absolute Gasteiger partial charge is 0.264 e. The van der Waals surface area contributed by atoms with E-state index >= 15 is 0 Å². The first-order chi connectivity index (χ1) is 14.8. The fourth-order valence-electron chi connectivity index (χ4n) is 2.72. The van der Waals surface area contributed by atoms with E-state index in [9.17, 15) is 13.2 Å². The van der Waals surface area contributed by atoms with Gasteiger partial charge in [-0.15, -0.1) is 0 Å². The lowest BCUT2D eigenvalue weighted by Gasteiger charge is -2.24. The molecule has 3 aromatic carbocycles. The van der Waals surface area contributed by atoms with Crippen LogP contribution < -0.4 is 9.73 Å². The molecule has 31 heavy (non-hydrogen) atoms. The predicted molar refractivity (Wildman–Crippen MR) is 127 cm³/mol. The highest BCUT2D eigenvalue weighted by Crippen LogP contribution is 2.30. The van der Waals surface area contributed by atoms with Crippen LogP contribution in [-0.4, -0.2) is 27.1 Å². The number of anilines is 1. The minimum absolute atomic E-state index is 0.0588. The molecule has 0 saturated carbocycles. The van der Waals surface area contributed by atoms with E-state index in [0.717, 1.165) is 19.9 Å². The summed E-state index contributed by atoms with van der Waals surface area (Å²) in [5.74, 6) is -0.609. The van der Waals surface area contributed by atoms with Crippen LogP contribution in [0, 0.1) is 6.92 Å². The van der Waals surface area contributed by atoms with Gasteiger partial charge in [0.1, 0.15) is 6.54 Å². The van der Waals surface area contributed by atoms with Gasteiger partial charge in [0.2, 0.25) is 0 Å². The molecular formula is C22H19BrClN3O3S. The molecule has 0 unspecified atom stereocenters. The molecule has 9 heteroatoms. The maximum Gasteiger partial charge on any atom is 0.264 e. The van der Waals surface area contributed by atoms with Gasteiger partial charge >= 0.3 is 0 Å². The number of hydrogen-bond donors (Lipinski definition) is 1. The van der Waals surface area contributed by atoms with Gasteiger partial charge in [-0.1, -0.05) is 69.5 Å². The molecule has 0 heterocycles. The van der Waals surface area contributed by atoms with Crippen LogP contribution in [0.1, 0.15) is 11.1 Å². The molecule has 0 aromatic heterocycles. The summed E-state index contributed by atoms with van der Waals surface area (Å²) < 4.78 is 28.5. The third kappa shape index (κ3) is 5.94. The number of nitrogens with one attached hydrogen (secondary N) is 1. The summed E-state index contributed by atoms with van der Waals surface area (Å²) in [5, 5.41) is 4.13. The molecule has 0 aliphatic heterocycles. The summed E-state index contributed by atoms with van der Waals surface area (Å²) >= 11 is 9.61. The molecule has 0 fully saturated rings. The van der Waals surface area contributed by atoms with Crippen LogP contribution in [0.5, 0.6) is 0 Å². The fourth-order valence-corrected chi connectivity index (χ4v) is 4.87. The van der Waals surface area contributed by atoms with Crippen LogP contribution in [0.3, 0.4) is 0 Å². The topological polar surface area (TPSA) is 78.8 Å². The van der Waals surface area contributed by atoms with Crippen LogP contribution in [-0.2, 0) is 14.8 Å². The third-order valence-corrected chi connectivity index (χ3v) is 6.86. The average molecular weight is 521 g/mol. The Labute approximate surface area is 194 Å². The molecule has 160 valence electrons. The standard InChI is InChI=1S/C22H19BrClN3O3S/c1-16-9-11-19(12-10-16)31(29,30)27(21-8-3-2-7-20(21)24)15-22(28)26-25-14-17-5-4-6-18(23)13-17/h2-14H,15H2,1H3,(H,26,28)/b25-14-. The molecular weight excluding hydrogens is 502 g/mol. The zero-order valence-corrected chi connectivity index (χ0v) is 19.7. The highest BCUT2D eigenvalue weighted by atomic mass is 79.9.